The molecule has 1 atom stereocenters. The van der Waals surface area contributed by atoms with Crippen molar-refractivity contribution in [2.24, 2.45) is 11.8 Å². The average molecular weight is 400 g/mol. The predicted molar refractivity (Wildman–Crippen MR) is 106 cm³/mol. The molecule has 9 nitrogen and oxygen atoms in total. The van der Waals surface area contributed by atoms with Crippen molar-refractivity contribution in [1.82, 2.24) is 24.7 Å². The fraction of sp³-hybridized carbons (Fsp3) is 0.650. The number of likely N-dealkylation sites (tertiary alicyclic amines) is 1. The number of carbonyl (C=O) groups is 2. The topological polar surface area (TPSA) is 92.9 Å². The lowest BCUT2D eigenvalue weighted by atomic mass is 9.92. The van der Waals surface area contributed by atoms with E-state index < -0.39 is 0 Å². The predicted octanol–water partition coefficient (Wildman–Crippen LogP) is 1.45. The molecule has 4 rings (SSSR count). The van der Waals surface area contributed by atoms with Crippen LogP contribution >= 0.6 is 0 Å². The third-order valence-electron chi connectivity index (χ3n) is 5.93. The number of carbonyl (C=O) groups excluding carboxylic acids is 2. The van der Waals surface area contributed by atoms with Crippen molar-refractivity contribution in [3.8, 4) is 0 Å². The molecule has 2 aliphatic rings. The highest BCUT2D eigenvalue weighted by molar-refractivity contribution is 5.80. The number of aromatic nitrogens is 4. The third-order valence-corrected chi connectivity index (χ3v) is 5.93. The maximum Gasteiger partial charge on any atom is 0.310 e. The van der Waals surface area contributed by atoms with Crippen LogP contribution in [0.3, 0.4) is 0 Å². The summed E-state index contributed by atoms with van der Waals surface area (Å²) in [6.07, 6.45) is 3.24. The van der Waals surface area contributed by atoms with E-state index in [0.29, 0.717) is 13.2 Å². The number of esters is 1. The minimum Gasteiger partial charge on any atom is -0.466 e. The number of ether oxygens (including phenoxy) is 1. The van der Waals surface area contributed by atoms with Crippen molar-refractivity contribution >= 4 is 23.3 Å². The van der Waals surface area contributed by atoms with Crippen LogP contribution in [0.15, 0.2) is 12.1 Å². The minimum atomic E-state index is -0.185. The van der Waals surface area contributed by atoms with E-state index in [1.165, 1.54) is 0 Å². The van der Waals surface area contributed by atoms with Gasteiger partial charge in [-0.05, 0) is 51.7 Å². The Morgan fingerprint density at radius 1 is 1.10 bits per heavy atom. The molecular formula is C20H28N6O3. The zero-order valence-corrected chi connectivity index (χ0v) is 17.1. The Balaban J connectivity index is 1.35. The summed E-state index contributed by atoms with van der Waals surface area (Å²) in [7, 11) is 0. The van der Waals surface area contributed by atoms with Gasteiger partial charge in [0.1, 0.15) is 5.82 Å². The standard InChI is InChI=1S/C20H28N6O3/c1-3-29-20(28)16-5-4-10-25(13-16)19(27)15-8-11-24(12-9-15)18-7-6-17-22-21-14(2)26(17)23-18/h6-7,15-16H,3-5,8-13H2,1-2H3/t16-/m1/s1. The van der Waals surface area contributed by atoms with Crippen molar-refractivity contribution in [3.63, 3.8) is 0 Å². The van der Waals surface area contributed by atoms with E-state index in [4.69, 9.17) is 4.74 Å². The number of piperidine rings is 2. The maximum atomic E-state index is 13.0. The van der Waals surface area contributed by atoms with Crippen LogP contribution in [0.1, 0.15) is 38.4 Å². The fourth-order valence-corrected chi connectivity index (χ4v) is 4.30. The van der Waals surface area contributed by atoms with Crippen LogP contribution < -0.4 is 4.90 Å². The highest BCUT2D eigenvalue weighted by Crippen LogP contribution is 2.26. The summed E-state index contributed by atoms with van der Waals surface area (Å²) in [5, 5.41) is 12.8. The number of aryl methyl sites for hydroxylation is 1. The Morgan fingerprint density at radius 3 is 2.66 bits per heavy atom. The second-order valence-electron chi connectivity index (χ2n) is 7.85. The second kappa shape index (κ2) is 8.34. The van der Waals surface area contributed by atoms with Crippen LogP contribution in [0, 0.1) is 18.8 Å². The normalized spacial score (nSPS) is 20.8. The largest absolute Gasteiger partial charge is 0.466 e. The number of hydrogen-bond acceptors (Lipinski definition) is 7. The number of fused-ring (bicyclic) bond motifs is 1. The van der Waals surface area contributed by atoms with E-state index in [9.17, 15) is 9.59 Å². The first kappa shape index (κ1) is 19.6. The minimum absolute atomic E-state index is 0.00701. The first-order valence-corrected chi connectivity index (χ1v) is 10.5. The quantitative estimate of drug-likeness (QED) is 0.717. The molecule has 0 unspecified atom stereocenters. The molecule has 2 aliphatic heterocycles. The Bertz CT molecular complexity index is 889. The SMILES string of the molecule is CCOC(=O)[C@@H]1CCCN(C(=O)C2CCN(c3ccc4nnc(C)n4n3)CC2)C1. The lowest BCUT2D eigenvalue weighted by Gasteiger charge is -2.37. The number of hydrogen-bond donors (Lipinski definition) is 0. The van der Waals surface area contributed by atoms with Gasteiger partial charge in [-0.1, -0.05) is 0 Å². The van der Waals surface area contributed by atoms with E-state index in [2.05, 4.69) is 20.2 Å². The Kier molecular flexibility index (Phi) is 5.64. The number of anilines is 1. The first-order valence-electron chi connectivity index (χ1n) is 10.5. The highest BCUT2D eigenvalue weighted by atomic mass is 16.5. The van der Waals surface area contributed by atoms with Gasteiger partial charge < -0.3 is 14.5 Å². The molecule has 2 fully saturated rings. The first-order chi connectivity index (χ1) is 14.1. The van der Waals surface area contributed by atoms with Gasteiger partial charge in [0.2, 0.25) is 5.91 Å². The lowest BCUT2D eigenvalue weighted by Crippen LogP contribution is -2.47. The lowest BCUT2D eigenvalue weighted by molar-refractivity contribution is -0.152. The number of rotatable bonds is 4. The van der Waals surface area contributed by atoms with Crippen molar-refractivity contribution in [2.75, 3.05) is 37.7 Å². The summed E-state index contributed by atoms with van der Waals surface area (Å²) in [6.45, 7) is 6.87. The zero-order valence-electron chi connectivity index (χ0n) is 17.1. The van der Waals surface area contributed by atoms with Gasteiger partial charge in [-0.25, -0.2) is 0 Å². The molecule has 2 saturated heterocycles. The molecule has 0 spiro atoms. The molecule has 0 saturated carbocycles. The van der Waals surface area contributed by atoms with Crippen LogP contribution in [0.2, 0.25) is 0 Å². The summed E-state index contributed by atoms with van der Waals surface area (Å²) in [5.41, 5.74) is 0.734. The van der Waals surface area contributed by atoms with Crippen molar-refractivity contribution in [2.45, 2.75) is 39.5 Å². The molecule has 0 radical (unpaired) electrons. The molecule has 0 bridgehead atoms. The Morgan fingerprint density at radius 2 is 1.90 bits per heavy atom. The summed E-state index contributed by atoms with van der Waals surface area (Å²) in [6, 6.07) is 3.88. The van der Waals surface area contributed by atoms with Gasteiger partial charge in [0.15, 0.2) is 11.5 Å². The molecule has 156 valence electrons. The fourth-order valence-electron chi connectivity index (χ4n) is 4.30. The van der Waals surface area contributed by atoms with Crippen LogP contribution in [-0.4, -0.2) is 69.4 Å². The molecule has 2 aromatic rings. The van der Waals surface area contributed by atoms with Crippen LogP contribution in [0.25, 0.3) is 5.65 Å². The highest BCUT2D eigenvalue weighted by Gasteiger charge is 2.34. The van der Waals surface area contributed by atoms with Crippen molar-refractivity contribution < 1.29 is 14.3 Å². The maximum absolute atomic E-state index is 13.0. The molecule has 0 aromatic carbocycles. The van der Waals surface area contributed by atoms with E-state index in [1.54, 1.807) is 4.52 Å². The van der Waals surface area contributed by atoms with Crippen LogP contribution in [-0.2, 0) is 14.3 Å². The average Bonchev–Trinajstić information content (AvgIpc) is 3.14. The van der Waals surface area contributed by atoms with Gasteiger partial charge in [0, 0.05) is 32.1 Å². The summed E-state index contributed by atoms with van der Waals surface area (Å²) < 4.78 is 6.90. The van der Waals surface area contributed by atoms with Crippen molar-refractivity contribution in [3.05, 3.63) is 18.0 Å². The Hall–Kier alpha value is -2.71. The van der Waals surface area contributed by atoms with E-state index in [0.717, 1.165) is 62.6 Å². The summed E-state index contributed by atoms with van der Waals surface area (Å²) in [4.78, 5) is 29.2. The molecule has 4 heterocycles. The molecule has 29 heavy (non-hydrogen) atoms. The molecule has 1 amide bonds. The van der Waals surface area contributed by atoms with Gasteiger partial charge in [-0.2, -0.15) is 4.52 Å². The van der Waals surface area contributed by atoms with Gasteiger partial charge in [-0.3, -0.25) is 9.59 Å². The van der Waals surface area contributed by atoms with Crippen LogP contribution in [0.5, 0.6) is 0 Å². The summed E-state index contributed by atoms with van der Waals surface area (Å²) in [5.74, 6) is 1.46. The van der Waals surface area contributed by atoms with Crippen LogP contribution in [0.4, 0.5) is 5.82 Å². The molecular weight excluding hydrogens is 372 g/mol. The monoisotopic (exact) mass is 400 g/mol. The summed E-state index contributed by atoms with van der Waals surface area (Å²) >= 11 is 0. The van der Waals surface area contributed by atoms with Gasteiger partial charge in [0.05, 0.1) is 12.5 Å². The Labute approximate surface area is 170 Å². The van der Waals surface area contributed by atoms with Gasteiger partial charge in [0.25, 0.3) is 0 Å². The molecule has 2 aromatic heterocycles. The molecule has 0 aliphatic carbocycles. The number of nitrogens with zero attached hydrogens (tertiary/aromatic N) is 6. The van der Waals surface area contributed by atoms with Gasteiger partial charge >= 0.3 is 5.97 Å². The van der Waals surface area contributed by atoms with E-state index in [1.807, 2.05) is 30.9 Å². The second-order valence-corrected chi connectivity index (χ2v) is 7.85. The van der Waals surface area contributed by atoms with Crippen molar-refractivity contribution in [1.29, 1.82) is 0 Å². The molecule has 9 heteroatoms. The van der Waals surface area contributed by atoms with E-state index in [-0.39, 0.29) is 23.7 Å². The zero-order chi connectivity index (χ0) is 20.4. The third kappa shape index (κ3) is 4.04. The van der Waals surface area contributed by atoms with E-state index >= 15 is 0 Å². The molecule has 0 N–H and O–H groups in total. The van der Waals surface area contributed by atoms with Gasteiger partial charge in [-0.15, -0.1) is 15.3 Å². The number of amides is 1. The smallest absolute Gasteiger partial charge is 0.310 e.